The molecule has 0 aliphatic carbocycles. The second-order valence-corrected chi connectivity index (χ2v) is 8.46. The highest BCUT2D eigenvalue weighted by molar-refractivity contribution is 7.89. The van der Waals surface area contributed by atoms with Gasteiger partial charge in [-0.05, 0) is 63.0 Å². The number of nitrogens with zero attached hydrogens (tertiary/aromatic N) is 1. The van der Waals surface area contributed by atoms with Gasteiger partial charge < -0.3 is 10.2 Å². The maximum atomic E-state index is 12.3. The second-order valence-electron chi connectivity index (χ2n) is 6.69. The fraction of sp³-hybridized carbons (Fsp3) is 0.526. The summed E-state index contributed by atoms with van der Waals surface area (Å²) in [4.78, 5) is 14.7. The summed E-state index contributed by atoms with van der Waals surface area (Å²) < 4.78 is 26.4. The molecule has 1 aliphatic heterocycles. The number of piperidine rings is 1. The minimum absolute atomic E-state index is 0.0304. The number of amides is 1. The van der Waals surface area contributed by atoms with Crippen LogP contribution < -0.4 is 10.0 Å². The molecule has 142 valence electrons. The monoisotopic (exact) mass is 377 g/mol. The number of nitrogens with one attached hydrogen (secondary N) is 2. The first-order valence-corrected chi connectivity index (χ1v) is 10.4. The minimum Gasteiger partial charge on any atom is -0.352 e. The standard InChI is InChI=1S/C19H27N3O3S/c1-3-10-21-26(24,25)18-7-4-6-17(15-18)19(23)20-11-5-12-22-13-8-16(2)9-14-22/h1,4,6-7,15-16,21H,5,8-14H2,2H3,(H,20,23). The van der Waals surface area contributed by atoms with Crippen LogP contribution in [0.1, 0.15) is 36.5 Å². The van der Waals surface area contributed by atoms with Gasteiger partial charge in [-0.1, -0.05) is 18.9 Å². The summed E-state index contributed by atoms with van der Waals surface area (Å²) in [6, 6.07) is 5.95. The number of benzene rings is 1. The van der Waals surface area contributed by atoms with Crippen LogP contribution in [0, 0.1) is 18.3 Å². The summed E-state index contributed by atoms with van der Waals surface area (Å²) in [6.45, 7) is 5.98. The fourth-order valence-electron chi connectivity index (χ4n) is 2.92. The molecule has 1 heterocycles. The van der Waals surface area contributed by atoms with Gasteiger partial charge in [-0.2, -0.15) is 4.72 Å². The second kappa shape index (κ2) is 9.72. The van der Waals surface area contributed by atoms with E-state index in [0.717, 1.165) is 32.0 Å². The third kappa shape index (κ3) is 6.13. The normalized spacial score (nSPS) is 16.2. The fourth-order valence-corrected chi connectivity index (χ4v) is 3.90. The smallest absolute Gasteiger partial charge is 0.251 e. The molecule has 0 bridgehead atoms. The van der Waals surface area contributed by atoms with Crippen molar-refractivity contribution in [2.45, 2.75) is 31.1 Å². The maximum absolute atomic E-state index is 12.3. The van der Waals surface area contributed by atoms with Gasteiger partial charge in [0.05, 0.1) is 11.4 Å². The number of carbonyl (C=O) groups is 1. The van der Waals surface area contributed by atoms with Crippen molar-refractivity contribution in [1.29, 1.82) is 0 Å². The number of rotatable bonds is 8. The maximum Gasteiger partial charge on any atom is 0.251 e. The molecule has 7 heteroatoms. The molecule has 6 nitrogen and oxygen atoms in total. The van der Waals surface area contributed by atoms with E-state index >= 15 is 0 Å². The lowest BCUT2D eigenvalue weighted by atomic mass is 9.99. The molecule has 0 aromatic heterocycles. The lowest BCUT2D eigenvalue weighted by Gasteiger charge is -2.30. The van der Waals surface area contributed by atoms with E-state index in [9.17, 15) is 13.2 Å². The Morgan fingerprint density at radius 3 is 2.77 bits per heavy atom. The molecule has 1 amide bonds. The van der Waals surface area contributed by atoms with E-state index in [2.05, 4.69) is 27.8 Å². The van der Waals surface area contributed by atoms with E-state index in [1.54, 1.807) is 12.1 Å². The summed E-state index contributed by atoms with van der Waals surface area (Å²) in [5, 5.41) is 2.86. The highest BCUT2D eigenvalue weighted by Gasteiger charge is 2.16. The minimum atomic E-state index is -3.70. The van der Waals surface area contributed by atoms with Crippen molar-refractivity contribution in [3.05, 3.63) is 29.8 Å². The topological polar surface area (TPSA) is 78.5 Å². The summed E-state index contributed by atoms with van der Waals surface area (Å²) in [5.41, 5.74) is 0.320. The van der Waals surface area contributed by atoms with Gasteiger partial charge in [-0.25, -0.2) is 8.42 Å². The number of likely N-dealkylation sites (tertiary alicyclic amines) is 1. The molecule has 1 aliphatic rings. The van der Waals surface area contributed by atoms with Crippen LogP contribution in [0.5, 0.6) is 0 Å². The Labute approximate surface area is 156 Å². The first-order valence-electron chi connectivity index (χ1n) is 8.96. The number of hydrogen-bond donors (Lipinski definition) is 2. The molecule has 0 radical (unpaired) electrons. The lowest BCUT2D eigenvalue weighted by molar-refractivity contribution is 0.0950. The highest BCUT2D eigenvalue weighted by atomic mass is 32.2. The van der Waals surface area contributed by atoms with E-state index in [1.165, 1.54) is 25.0 Å². The van der Waals surface area contributed by atoms with Gasteiger partial charge in [0.2, 0.25) is 10.0 Å². The van der Waals surface area contributed by atoms with E-state index in [4.69, 9.17) is 6.42 Å². The summed E-state index contributed by atoms with van der Waals surface area (Å²) in [7, 11) is -3.70. The van der Waals surface area contributed by atoms with Gasteiger partial charge in [0.1, 0.15) is 0 Å². The van der Waals surface area contributed by atoms with Crippen molar-refractivity contribution < 1.29 is 13.2 Å². The van der Waals surface area contributed by atoms with Crippen molar-refractivity contribution in [3.8, 4) is 12.3 Å². The predicted molar refractivity (Wildman–Crippen MR) is 102 cm³/mol. The van der Waals surface area contributed by atoms with Gasteiger partial charge in [0.15, 0.2) is 0 Å². The first kappa shape index (κ1) is 20.4. The Morgan fingerprint density at radius 2 is 2.08 bits per heavy atom. The Balaban J connectivity index is 1.82. The quantitative estimate of drug-likeness (QED) is 0.531. The molecule has 0 unspecified atom stereocenters. The number of sulfonamides is 1. The lowest BCUT2D eigenvalue weighted by Crippen LogP contribution is -2.35. The van der Waals surface area contributed by atoms with Gasteiger partial charge in [0, 0.05) is 12.1 Å². The molecular formula is C19H27N3O3S. The van der Waals surface area contributed by atoms with Crippen LogP contribution >= 0.6 is 0 Å². The summed E-state index contributed by atoms with van der Waals surface area (Å²) >= 11 is 0. The predicted octanol–water partition coefficient (Wildman–Crippen LogP) is 1.45. The molecule has 1 aromatic carbocycles. The van der Waals surface area contributed by atoms with E-state index in [0.29, 0.717) is 12.1 Å². The van der Waals surface area contributed by atoms with E-state index in [1.807, 2.05) is 0 Å². The number of carbonyl (C=O) groups excluding carboxylic acids is 1. The Morgan fingerprint density at radius 1 is 1.35 bits per heavy atom. The van der Waals surface area contributed by atoms with Crippen LogP contribution in [0.15, 0.2) is 29.2 Å². The van der Waals surface area contributed by atoms with Crippen LogP contribution in [-0.4, -0.2) is 51.9 Å². The molecule has 1 saturated heterocycles. The molecule has 0 spiro atoms. The summed E-state index contributed by atoms with van der Waals surface area (Å²) in [6.07, 6.45) is 8.43. The largest absolute Gasteiger partial charge is 0.352 e. The number of terminal acetylenes is 1. The van der Waals surface area contributed by atoms with Crippen LogP contribution in [0.25, 0.3) is 0 Å². The zero-order valence-electron chi connectivity index (χ0n) is 15.2. The van der Waals surface area contributed by atoms with Crippen molar-refractivity contribution in [2.24, 2.45) is 5.92 Å². The van der Waals surface area contributed by atoms with Crippen LogP contribution in [-0.2, 0) is 10.0 Å². The average Bonchev–Trinajstić information content (AvgIpc) is 2.65. The van der Waals surface area contributed by atoms with Gasteiger partial charge in [0.25, 0.3) is 5.91 Å². The zero-order valence-corrected chi connectivity index (χ0v) is 16.0. The van der Waals surface area contributed by atoms with Gasteiger partial charge in [-0.15, -0.1) is 6.42 Å². The molecule has 2 rings (SSSR count). The Kier molecular flexibility index (Phi) is 7.64. The van der Waals surface area contributed by atoms with Gasteiger partial charge >= 0.3 is 0 Å². The zero-order chi connectivity index (χ0) is 19.0. The van der Waals surface area contributed by atoms with Crippen LogP contribution in [0.2, 0.25) is 0 Å². The molecule has 2 N–H and O–H groups in total. The Bertz CT molecular complexity index is 748. The van der Waals surface area contributed by atoms with Crippen LogP contribution in [0.3, 0.4) is 0 Å². The molecule has 0 atom stereocenters. The molecule has 26 heavy (non-hydrogen) atoms. The third-order valence-corrected chi connectivity index (χ3v) is 5.98. The van der Waals surface area contributed by atoms with E-state index < -0.39 is 10.0 Å². The molecule has 0 saturated carbocycles. The number of hydrogen-bond acceptors (Lipinski definition) is 4. The average molecular weight is 378 g/mol. The molecule has 1 aromatic rings. The van der Waals surface area contributed by atoms with Crippen molar-refractivity contribution in [3.63, 3.8) is 0 Å². The first-order chi connectivity index (χ1) is 12.4. The summed E-state index contributed by atoms with van der Waals surface area (Å²) in [5.74, 6) is 2.76. The molecular weight excluding hydrogens is 350 g/mol. The molecule has 1 fully saturated rings. The van der Waals surface area contributed by atoms with Crippen molar-refractivity contribution in [1.82, 2.24) is 14.9 Å². The van der Waals surface area contributed by atoms with Gasteiger partial charge in [-0.3, -0.25) is 4.79 Å². The Hall–Kier alpha value is -1.88. The van der Waals surface area contributed by atoms with E-state index in [-0.39, 0.29) is 17.3 Å². The van der Waals surface area contributed by atoms with Crippen LogP contribution in [0.4, 0.5) is 0 Å². The highest BCUT2D eigenvalue weighted by Crippen LogP contribution is 2.15. The third-order valence-electron chi connectivity index (χ3n) is 4.58. The van der Waals surface area contributed by atoms with Crippen molar-refractivity contribution >= 4 is 15.9 Å². The van der Waals surface area contributed by atoms with Crippen molar-refractivity contribution in [2.75, 3.05) is 32.7 Å². The SMILES string of the molecule is C#CCNS(=O)(=O)c1cccc(C(=O)NCCCN2CCC(C)CC2)c1.